The molecular formula is C20H24N2O5. The van der Waals surface area contributed by atoms with Crippen LogP contribution in [-0.2, 0) is 14.3 Å². The van der Waals surface area contributed by atoms with Crippen molar-refractivity contribution in [2.45, 2.75) is 44.9 Å². The van der Waals surface area contributed by atoms with Gasteiger partial charge in [0, 0.05) is 6.07 Å². The summed E-state index contributed by atoms with van der Waals surface area (Å²) in [7, 11) is 0. The Kier molecular flexibility index (Phi) is 4.61. The second-order valence-electron chi connectivity index (χ2n) is 8.58. The number of hydrogen-bond donors (Lipinski definition) is 1. The first-order valence-electron chi connectivity index (χ1n) is 9.61. The SMILES string of the molecule is O=C(COC(=O)CC12CC3CC(CC(C3)C1)C2)Nc1ccccc1[N+](=O)[O-]. The lowest BCUT2D eigenvalue weighted by Gasteiger charge is -2.56. The fourth-order valence-corrected chi connectivity index (χ4v) is 5.93. The summed E-state index contributed by atoms with van der Waals surface area (Å²) in [6.07, 6.45) is 7.64. The third kappa shape index (κ3) is 3.82. The van der Waals surface area contributed by atoms with Crippen molar-refractivity contribution in [3.63, 3.8) is 0 Å². The lowest BCUT2D eigenvalue weighted by Crippen LogP contribution is -2.47. The van der Waals surface area contributed by atoms with Gasteiger partial charge in [-0.2, -0.15) is 0 Å². The molecule has 1 aromatic rings. The number of rotatable bonds is 6. The van der Waals surface area contributed by atoms with Crippen molar-refractivity contribution in [2.24, 2.45) is 23.2 Å². The van der Waals surface area contributed by atoms with E-state index < -0.39 is 17.4 Å². The molecule has 7 heteroatoms. The average molecular weight is 372 g/mol. The molecule has 1 N–H and O–H groups in total. The summed E-state index contributed by atoms with van der Waals surface area (Å²) in [5, 5.41) is 13.4. The van der Waals surface area contributed by atoms with Gasteiger partial charge in [-0.05, 0) is 67.8 Å². The molecular weight excluding hydrogens is 348 g/mol. The van der Waals surface area contributed by atoms with Gasteiger partial charge in [0.05, 0.1) is 11.3 Å². The Hall–Kier alpha value is -2.44. The van der Waals surface area contributed by atoms with E-state index >= 15 is 0 Å². The van der Waals surface area contributed by atoms with Crippen LogP contribution in [0.15, 0.2) is 24.3 Å². The van der Waals surface area contributed by atoms with Crippen molar-refractivity contribution in [3.05, 3.63) is 34.4 Å². The number of ether oxygens (including phenoxy) is 1. The Balaban J connectivity index is 1.30. The molecule has 1 aromatic carbocycles. The standard InChI is InChI=1S/C20H24N2O5/c23-18(21-16-3-1-2-4-17(16)22(25)26)12-27-19(24)11-20-8-13-5-14(9-20)7-15(6-13)10-20/h1-4,13-15H,5-12H2,(H,21,23). The third-order valence-electron chi connectivity index (χ3n) is 6.42. The zero-order chi connectivity index (χ0) is 19.0. The maximum Gasteiger partial charge on any atom is 0.306 e. The molecule has 0 saturated heterocycles. The van der Waals surface area contributed by atoms with Crippen LogP contribution < -0.4 is 5.32 Å². The Morgan fingerprint density at radius 2 is 1.70 bits per heavy atom. The summed E-state index contributed by atoms with van der Waals surface area (Å²) in [4.78, 5) is 34.8. The second-order valence-corrected chi connectivity index (χ2v) is 8.58. The number of amides is 1. The highest BCUT2D eigenvalue weighted by Crippen LogP contribution is 2.61. The van der Waals surface area contributed by atoms with Gasteiger partial charge in [0.1, 0.15) is 5.69 Å². The number of nitrogens with one attached hydrogen (secondary N) is 1. The fraction of sp³-hybridized carbons (Fsp3) is 0.600. The predicted octanol–water partition coefficient (Wildman–Crippen LogP) is 3.68. The van der Waals surface area contributed by atoms with Crippen molar-refractivity contribution in [3.8, 4) is 0 Å². The van der Waals surface area contributed by atoms with E-state index in [4.69, 9.17) is 4.74 Å². The Labute approximate surface area is 157 Å². The van der Waals surface area contributed by atoms with Crippen molar-refractivity contribution >= 4 is 23.3 Å². The van der Waals surface area contributed by atoms with Crippen LogP contribution in [0.5, 0.6) is 0 Å². The van der Waals surface area contributed by atoms with Gasteiger partial charge in [-0.3, -0.25) is 19.7 Å². The number of carbonyl (C=O) groups excluding carboxylic acids is 2. The van der Waals surface area contributed by atoms with Gasteiger partial charge in [-0.25, -0.2) is 0 Å². The molecule has 4 bridgehead atoms. The summed E-state index contributed by atoms with van der Waals surface area (Å²) < 4.78 is 5.19. The number of carbonyl (C=O) groups is 2. The number of benzene rings is 1. The van der Waals surface area contributed by atoms with Gasteiger partial charge in [0.2, 0.25) is 0 Å². The zero-order valence-electron chi connectivity index (χ0n) is 15.2. The highest BCUT2D eigenvalue weighted by Gasteiger charge is 2.51. The third-order valence-corrected chi connectivity index (χ3v) is 6.42. The summed E-state index contributed by atoms with van der Waals surface area (Å²) in [5.74, 6) is 1.36. The van der Waals surface area contributed by atoms with Gasteiger partial charge in [-0.1, -0.05) is 12.1 Å². The van der Waals surface area contributed by atoms with Crippen LogP contribution in [0.2, 0.25) is 0 Å². The molecule has 0 atom stereocenters. The largest absolute Gasteiger partial charge is 0.456 e. The monoisotopic (exact) mass is 372 g/mol. The van der Waals surface area contributed by atoms with Gasteiger partial charge >= 0.3 is 5.97 Å². The number of anilines is 1. The van der Waals surface area contributed by atoms with Crippen molar-refractivity contribution in [1.82, 2.24) is 0 Å². The van der Waals surface area contributed by atoms with Gasteiger partial charge in [-0.15, -0.1) is 0 Å². The zero-order valence-corrected chi connectivity index (χ0v) is 15.2. The maximum absolute atomic E-state index is 12.3. The topological polar surface area (TPSA) is 98.5 Å². The molecule has 5 rings (SSSR count). The Bertz CT molecular complexity index is 740. The number of nitro groups is 1. The van der Waals surface area contributed by atoms with Crippen LogP contribution in [-0.4, -0.2) is 23.4 Å². The normalized spacial score (nSPS) is 30.7. The minimum absolute atomic E-state index is 0.0700. The first-order chi connectivity index (χ1) is 12.9. The molecule has 0 radical (unpaired) electrons. The Morgan fingerprint density at radius 1 is 1.11 bits per heavy atom. The Morgan fingerprint density at radius 3 is 2.30 bits per heavy atom. The van der Waals surface area contributed by atoms with Crippen LogP contribution >= 0.6 is 0 Å². The highest BCUT2D eigenvalue weighted by molar-refractivity contribution is 5.94. The van der Waals surface area contributed by atoms with Gasteiger partial charge in [0.25, 0.3) is 11.6 Å². The van der Waals surface area contributed by atoms with Crippen LogP contribution in [0.1, 0.15) is 44.9 Å². The van der Waals surface area contributed by atoms with Crippen molar-refractivity contribution in [1.29, 1.82) is 0 Å². The number of para-hydroxylation sites is 2. The molecule has 4 aliphatic carbocycles. The quantitative estimate of drug-likeness (QED) is 0.466. The minimum atomic E-state index is -0.567. The van der Waals surface area contributed by atoms with Crippen LogP contribution in [0, 0.1) is 33.3 Å². The van der Waals surface area contributed by atoms with E-state index in [1.54, 1.807) is 6.07 Å². The van der Waals surface area contributed by atoms with E-state index in [-0.39, 0.29) is 22.8 Å². The van der Waals surface area contributed by atoms with Gasteiger partial charge < -0.3 is 10.1 Å². The second kappa shape index (κ2) is 6.94. The first-order valence-corrected chi connectivity index (χ1v) is 9.61. The molecule has 4 saturated carbocycles. The van der Waals surface area contributed by atoms with E-state index in [2.05, 4.69) is 5.32 Å². The number of hydrogen-bond acceptors (Lipinski definition) is 5. The molecule has 4 aliphatic rings. The molecule has 0 aliphatic heterocycles. The van der Waals surface area contributed by atoms with E-state index in [9.17, 15) is 19.7 Å². The number of esters is 1. The molecule has 0 unspecified atom stereocenters. The molecule has 7 nitrogen and oxygen atoms in total. The summed E-state index contributed by atoms with van der Waals surface area (Å²) in [6.45, 7) is -0.419. The maximum atomic E-state index is 12.3. The highest BCUT2D eigenvalue weighted by atomic mass is 16.6. The van der Waals surface area contributed by atoms with E-state index in [1.807, 2.05) is 0 Å². The minimum Gasteiger partial charge on any atom is -0.456 e. The molecule has 0 spiro atoms. The lowest BCUT2D eigenvalue weighted by atomic mass is 9.49. The van der Waals surface area contributed by atoms with Crippen LogP contribution in [0.25, 0.3) is 0 Å². The smallest absolute Gasteiger partial charge is 0.306 e. The fourth-order valence-electron chi connectivity index (χ4n) is 5.93. The molecule has 144 valence electrons. The average Bonchev–Trinajstić information content (AvgIpc) is 2.58. The lowest BCUT2D eigenvalue weighted by molar-refractivity contribution is -0.383. The molecule has 0 aromatic heterocycles. The number of nitro benzene ring substituents is 1. The van der Waals surface area contributed by atoms with Crippen LogP contribution in [0.3, 0.4) is 0 Å². The predicted molar refractivity (Wildman–Crippen MR) is 97.9 cm³/mol. The number of nitrogens with zero attached hydrogens (tertiary/aromatic N) is 1. The van der Waals surface area contributed by atoms with Crippen LogP contribution in [0.4, 0.5) is 11.4 Å². The summed E-state index contributed by atoms with van der Waals surface area (Å²) in [5.41, 5.74) is -0.0176. The molecule has 27 heavy (non-hydrogen) atoms. The summed E-state index contributed by atoms with van der Waals surface area (Å²) >= 11 is 0. The van der Waals surface area contributed by atoms with E-state index in [0.717, 1.165) is 37.0 Å². The molecule has 4 fully saturated rings. The van der Waals surface area contributed by atoms with Crippen molar-refractivity contribution < 1.29 is 19.2 Å². The summed E-state index contributed by atoms with van der Waals surface area (Å²) in [6, 6.07) is 5.89. The van der Waals surface area contributed by atoms with E-state index in [0.29, 0.717) is 6.42 Å². The molecule has 0 heterocycles. The molecule has 1 amide bonds. The first kappa shape index (κ1) is 17.9. The van der Waals surface area contributed by atoms with E-state index in [1.165, 1.54) is 37.5 Å². The van der Waals surface area contributed by atoms with Gasteiger partial charge in [0.15, 0.2) is 6.61 Å². The van der Waals surface area contributed by atoms with Crippen molar-refractivity contribution in [2.75, 3.05) is 11.9 Å².